The molecule has 1 aromatic heterocycles. The number of ether oxygens (including phenoxy) is 1. The van der Waals surface area contributed by atoms with Crippen LogP contribution in [-0.2, 0) is 13.0 Å². The monoisotopic (exact) mass is 402 g/mol. The fraction of sp³-hybridized carbons (Fsp3) is 0.522. The van der Waals surface area contributed by atoms with Crippen molar-refractivity contribution in [2.45, 2.75) is 46.1 Å². The quantitative estimate of drug-likeness (QED) is 0.682. The summed E-state index contributed by atoms with van der Waals surface area (Å²) < 4.78 is 5.99. The Morgan fingerprint density at radius 1 is 1.21 bits per heavy atom. The highest BCUT2D eigenvalue weighted by atomic mass is 35.5. The van der Waals surface area contributed by atoms with Gasteiger partial charge in [-0.2, -0.15) is 0 Å². The van der Waals surface area contributed by atoms with Gasteiger partial charge in [-0.1, -0.05) is 43.6 Å². The third-order valence-corrected chi connectivity index (χ3v) is 5.63. The van der Waals surface area contributed by atoms with E-state index in [0.29, 0.717) is 17.5 Å². The maximum absolute atomic E-state index is 11.9. The van der Waals surface area contributed by atoms with E-state index in [0.717, 1.165) is 43.3 Å². The van der Waals surface area contributed by atoms with Gasteiger partial charge in [0.25, 0.3) is 5.56 Å². The minimum absolute atomic E-state index is 0.0375. The Balaban J connectivity index is 1.47. The van der Waals surface area contributed by atoms with Crippen molar-refractivity contribution >= 4 is 11.6 Å². The number of hydrogen-bond donors (Lipinski definition) is 1. The molecule has 0 aliphatic carbocycles. The molecule has 1 aliphatic rings. The normalized spacial score (nSPS) is 15.9. The van der Waals surface area contributed by atoms with Crippen LogP contribution < -0.4 is 10.3 Å². The molecule has 0 spiro atoms. The lowest BCUT2D eigenvalue weighted by molar-refractivity contribution is 0.171. The maximum Gasteiger partial charge on any atom is 0.252 e. The number of pyridine rings is 1. The van der Waals surface area contributed by atoms with Crippen LogP contribution in [0.5, 0.6) is 5.75 Å². The van der Waals surface area contributed by atoms with E-state index in [9.17, 15) is 4.79 Å². The number of benzene rings is 1. The molecular weight excluding hydrogens is 372 g/mol. The molecule has 1 N–H and O–H groups in total. The molecule has 0 saturated carbocycles. The van der Waals surface area contributed by atoms with Crippen molar-refractivity contribution in [1.82, 2.24) is 9.88 Å². The molecule has 0 bridgehead atoms. The van der Waals surface area contributed by atoms with Crippen molar-refractivity contribution < 1.29 is 4.74 Å². The zero-order chi connectivity index (χ0) is 19.9. The second-order valence-corrected chi connectivity index (χ2v) is 8.68. The van der Waals surface area contributed by atoms with Gasteiger partial charge in [0.2, 0.25) is 0 Å². The molecule has 1 aliphatic heterocycles. The van der Waals surface area contributed by atoms with Crippen molar-refractivity contribution in [3.63, 3.8) is 0 Å². The average molecular weight is 403 g/mol. The minimum Gasteiger partial charge on any atom is -0.493 e. The number of nitrogens with zero attached hydrogens (tertiary/aromatic N) is 1. The summed E-state index contributed by atoms with van der Waals surface area (Å²) in [6.45, 7) is 7.85. The summed E-state index contributed by atoms with van der Waals surface area (Å²) in [5, 5.41) is 0.586. The lowest BCUT2D eigenvalue weighted by Crippen LogP contribution is -2.35. The van der Waals surface area contributed by atoms with Crippen molar-refractivity contribution in [2.24, 2.45) is 11.8 Å². The Hall–Kier alpha value is -1.78. The van der Waals surface area contributed by atoms with Crippen molar-refractivity contribution in [2.75, 3.05) is 19.7 Å². The molecule has 3 rings (SSSR count). The van der Waals surface area contributed by atoms with Crippen LogP contribution in [0.2, 0.25) is 5.02 Å². The second kappa shape index (κ2) is 10.1. The third kappa shape index (κ3) is 6.11. The number of aromatic amines is 1. The summed E-state index contributed by atoms with van der Waals surface area (Å²) >= 11 is 6.01. The number of aryl methyl sites for hydroxylation is 1. The molecule has 1 saturated heterocycles. The maximum atomic E-state index is 11.9. The largest absolute Gasteiger partial charge is 0.493 e. The average Bonchev–Trinajstić information content (AvgIpc) is 2.69. The molecular formula is C23H31ClN2O2. The lowest BCUT2D eigenvalue weighted by atomic mass is 9.90. The van der Waals surface area contributed by atoms with Crippen molar-refractivity contribution in [1.29, 1.82) is 0 Å². The number of hydrogen-bond acceptors (Lipinski definition) is 3. The summed E-state index contributed by atoms with van der Waals surface area (Å²) in [6.07, 6.45) is 6.14. The van der Waals surface area contributed by atoms with Crippen LogP contribution in [0.15, 0.2) is 41.3 Å². The molecule has 2 heterocycles. The molecule has 5 heteroatoms. The van der Waals surface area contributed by atoms with Gasteiger partial charge in [0, 0.05) is 18.3 Å². The molecule has 1 aromatic carbocycles. The first-order chi connectivity index (χ1) is 13.5. The van der Waals surface area contributed by atoms with E-state index >= 15 is 0 Å². The summed E-state index contributed by atoms with van der Waals surface area (Å²) in [7, 11) is 0. The zero-order valence-electron chi connectivity index (χ0n) is 16.9. The topological polar surface area (TPSA) is 45.3 Å². The molecule has 152 valence electrons. The van der Waals surface area contributed by atoms with Crippen LogP contribution in [0, 0.1) is 11.8 Å². The molecule has 0 unspecified atom stereocenters. The smallest absolute Gasteiger partial charge is 0.252 e. The number of halogens is 1. The first-order valence-electron chi connectivity index (χ1n) is 10.3. The lowest BCUT2D eigenvalue weighted by Gasteiger charge is -2.32. The van der Waals surface area contributed by atoms with Gasteiger partial charge in [-0.3, -0.25) is 9.69 Å². The van der Waals surface area contributed by atoms with E-state index in [1.807, 2.05) is 0 Å². The Kier molecular flexibility index (Phi) is 7.57. The van der Waals surface area contributed by atoms with Gasteiger partial charge in [0.05, 0.1) is 11.6 Å². The first-order valence-corrected chi connectivity index (χ1v) is 10.7. The van der Waals surface area contributed by atoms with Gasteiger partial charge >= 0.3 is 0 Å². The van der Waals surface area contributed by atoms with Crippen LogP contribution in [0.25, 0.3) is 0 Å². The van der Waals surface area contributed by atoms with Crippen molar-refractivity contribution in [3.8, 4) is 5.75 Å². The SMILES string of the molecule is CC(C)COc1ccccc1CCC1CCN(Cc2cc(Cl)c[nH]c2=O)CC1. The van der Waals surface area contributed by atoms with Crippen LogP contribution in [-0.4, -0.2) is 29.6 Å². The van der Waals surface area contributed by atoms with Gasteiger partial charge < -0.3 is 9.72 Å². The number of piperidine rings is 1. The number of nitrogens with one attached hydrogen (secondary N) is 1. The van der Waals surface area contributed by atoms with E-state index in [1.165, 1.54) is 24.8 Å². The summed E-state index contributed by atoms with van der Waals surface area (Å²) in [6, 6.07) is 10.2. The molecule has 1 fully saturated rings. The van der Waals surface area contributed by atoms with Crippen molar-refractivity contribution in [3.05, 3.63) is 63.0 Å². The van der Waals surface area contributed by atoms with Crippen LogP contribution in [0.3, 0.4) is 0 Å². The van der Waals surface area contributed by atoms with E-state index in [4.69, 9.17) is 16.3 Å². The van der Waals surface area contributed by atoms with Gasteiger partial charge in [0.1, 0.15) is 5.75 Å². The van der Waals surface area contributed by atoms with E-state index in [-0.39, 0.29) is 5.56 Å². The Labute approximate surface area is 172 Å². The fourth-order valence-corrected chi connectivity index (χ4v) is 3.95. The highest BCUT2D eigenvalue weighted by Gasteiger charge is 2.20. The van der Waals surface area contributed by atoms with Crippen LogP contribution in [0.1, 0.15) is 44.2 Å². The minimum atomic E-state index is -0.0375. The van der Waals surface area contributed by atoms with Gasteiger partial charge in [-0.05, 0) is 68.3 Å². The van der Waals surface area contributed by atoms with Gasteiger partial charge in [0.15, 0.2) is 0 Å². The summed E-state index contributed by atoms with van der Waals surface area (Å²) in [5.74, 6) is 2.30. The zero-order valence-corrected chi connectivity index (χ0v) is 17.7. The van der Waals surface area contributed by atoms with E-state index in [1.54, 1.807) is 12.3 Å². The number of likely N-dealkylation sites (tertiary alicyclic amines) is 1. The molecule has 28 heavy (non-hydrogen) atoms. The van der Waals surface area contributed by atoms with Crippen LogP contribution in [0.4, 0.5) is 0 Å². The van der Waals surface area contributed by atoms with Crippen LogP contribution >= 0.6 is 11.6 Å². The standard InChI is InChI=1S/C23H31ClN2O2/c1-17(2)16-28-22-6-4-3-5-19(22)8-7-18-9-11-26(12-10-18)15-20-13-21(24)14-25-23(20)27/h3-6,13-14,17-18H,7-12,15-16H2,1-2H3,(H,25,27). The summed E-state index contributed by atoms with van der Waals surface area (Å²) in [5.41, 5.74) is 2.03. The highest BCUT2D eigenvalue weighted by molar-refractivity contribution is 6.30. The van der Waals surface area contributed by atoms with Gasteiger partial charge in [-0.25, -0.2) is 0 Å². The summed E-state index contributed by atoms with van der Waals surface area (Å²) in [4.78, 5) is 17.0. The number of H-pyrrole nitrogens is 1. The predicted molar refractivity (Wildman–Crippen MR) is 115 cm³/mol. The van der Waals surface area contributed by atoms with E-state index < -0.39 is 0 Å². The second-order valence-electron chi connectivity index (χ2n) is 8.24. The fourth-order valence-electron chi connectivity index (χ4n) is 3.76. The molecule has 0 radical (unpaired) electrons. The molecule has 0 atom stereocenters. The number of rotatable bonds is 8. The third-order valence-electron chi connectivity index (χ3n) is 5.41. The molecule has 2 aromatic rings. The Morgan fingerprint density at radius 3 is 2.71 bits per heavy atom. The Morgan fingerprint density at radius 2 is 1.96 bits per heavy atom. The van der Waals surface area contributed by atoms with E-state index in [2.05, 4.69) is 48.0 Å². The number of para-hydroxylation sites is 1. The highest BCUT2D eigenvalue weighted by Crippen LogP contribution is 2.26. The predicted octanol–water partition coefficient (Wildman–Crippen LogP) is 4.91. The molecule has 0 amide bonds. The molecule has 4 nitrogen and oxygen atoms in total. The Bertz CT molecular complexity index is 810. The van der Waals surface area contributed by atoms with Gasteiger partial charge in [-0.15, -0.1) is 0 Å². The first kappa shape index (κ1) is 20.9. The number of aromatic nitrogens is 1.